The number of rotatable bonds is 8. The van der Waals surface area contributed by atoms with Gasteiger partial charge in [-0.15, -0.1) is 0 Å². The van der Waals surface area contributed by atoms with Crippen LogP contribution in [0, 0.1) is 0 Å². The zero-order valence-electron chi connectivity index (χ0n) is 18.7. The summed E-state index contributed by atoms with van der Waals surface area (Å²) >= 11 is 0. The van der Waals surface area contributed by atoms with Gasteiger partial charge in [-0.1, -0.05) is 0 Å². The van der Waals surface area contributed by atoms with Gasteiger partial charge in [0.25, 0.3) is 0 Å². The standard InChI is InChI=1S/C24H24O12/c25-10-18-21(30)22(31)23(32)24(36-18)35-17-9-14(26)12(2-5-19(27)28)7-16(17)33-13-4-1-11-3-6-20(29)34-15(11)8-13/h1,3-4,6-9,18,21-26,30-32H,2,5,10H2,(H,27,28)/t18-,21-,22+,23+,24+/m1/s1. The first kappa shape index (κ1) is 25.4. The van der Waals surface area contributed by atoms with Gasteiger partial charge in [-0.2, -0.15) is 0 Å². The molecule has 1 saturated heterocycles. The van der Waals surface area contributed by atoms with Crippen molar-refractivity contribution in [1.29, 1.82) is 0 Å². The summed E-state index contributed by atoms with van der Waals surface area (Å²) in [6, 6.07) is 9.95. The Morgan fingerprint density at radius 1 is 0.972 bits per heavy atom. The average molecular weight is 504 g/mol. The van der Waals surface area contributed by atoms with E-state index in [0.29, 0.717) is 5.39 Å². The number of hydrogen-bond acceptors (Lipinski definition) is 11. The van der Waals surface area contributed by atoms with Crippen molar-refractivity contribution < 1.29 is 54.1 Å². The maximum atomic E-state index is 11.6. The number of aliphatic carboxylic acids is 1. The van der Waals surface area contributed by atoms with Gasteiger partial charge >= 0.3 is 11.6 Å². The van der Waals surface area contributed by atoms with Gasteiger partial charge in [0.15, 0.2) is 11.5 Å². The lowest BCUT2D eigenvalue weighted by Crippen LogP contribution is -2.60. The molecule has 5 atom stereocenters. The number of aliphatic hydroxyl groups excluding tert-OH is 4. The lowest BCUT2D eigenvalue weighted by molar-refractivity contribution is -0.277. The van der Waals surface area contributed by atoms with E-state index in [9.17, 15) is 35.1 Å². The van der Waals surface area contributed by atoms with Crippen LogP contribution in [0.4, 0.5) is 0 Å². The molecule has 1 aliphatic heterocycles. The SMILES string of the molecule is O=C(O)CCc1cc(Oc2ccc3ccc(=O)oc3c2)c(O[C@H]2O[C@H](CO)[C@@H](O)[C@H](O)[C@@H]2O)cc1O. The molecule has 192 valence electrons. The van der Waals surface area contributed by atoms with E-state index < -0.39 is 48.9 Å². The second-order valence-electron chi connectivity index (χ2n) is 8.19. The Bertz CT molecular complexity index is 1300. The highest BCUT2D eigenvalue weighted by atomic mass is 16.7. The molecule has 36 heavy (non-hydrogen) atoms. The smallest absolute Gasteiger partial charge is 0.336 e. The minimum atomic E-state index is -1.72. The molecule has 3 aromatic rings. The van der Waals surface area contributed by atoms with Crippen LogP contribution in [0.1, 0.15) is 12.0 Å². The summed E-state index contributed by atoms with van der Waals surface area (Å²) in [6.07, 6.45) is -8.13. The molecule has 1 aliphatic rings. The first-order chi connectivity index (χ1) is 17.2. The summed E-state index contributed by atoms with van der Waals surface area (Å²) in [6.45, 7) is -0.671. The number of carboxylic acids is 1. The molecule has 6 N–H and O–H groups in total. The summed E-state index contributed by atoms with van der Waals surface area (Å²) in [5.74, 6) is -1.39. The third kappa shape index (κ3) is 5.42. The number of carbonyl (C=O) groups is 1. The van der Waals surface area contributed by atoms with E-state index >= 15 is 0 Å². The molecule has 0 spiro atoms. The number of aliphatic hydroxyl groups is 4. The van der Waals surface area contributed by atoms with Crippen LogP contribution in [0.15, 0.2) is 51.7 Å². The number of aryl methyl sites for hydroxylation is 1. The van der Waals surface area contributed by atoms with Crippen LogP contribution >= 0.6 is 0 Å². The van der Waals surface area contributed by atoms with E-state index in [2.05, 4.69) is 0 Å². The fourth-order valence-electron chi connectivity index (χ4n) is 3.73. The van der Waals surface area contributed by atoms with Gasteiger partial charge in [-0.25, -0.2) is 4.79 Å². The van der Waals surface area contributed by atoms with Gasteiger partial charge in [0, 0.05) is 30.0 Å². The molecule has 0 aliphatic carbocycles. The second kappa shape index (κ2) is 10.5. The number of phenols is 1. The molecular weight excluding hydrogens is 480 g/mol. The quantitative estimate of drug-likeness (QED) is 0.233. The first-order valence-electron chi connectivity index (χ1n) is 10.9. The van der Waals surface area contributed by atoms with Gasteiger partial charge in [-0.05, 0) is 36.2 Å². The van der Waals surface area contributed by atoms with E-state index in [1.165, 1.54) is 18.2 Å². The maximum Gasteiger partial charge on any atom is 0.336 e. The third-order valence-electron chi connectivity index (χ3n) is 5.67. The largest absolute Gasteiger partial charge is 0.508 e. The number of fused-ring (bicyclic) bond motifs is 1. The van der Waals surface area contributed by atoms with Gasteiger partial charge in [0.2, 0.25) is 6.29 Å². The van der Waals surface area contributed by atoms with E-state index in [-0.39, 0.29) is 47.0 Å². The Morgan fingerprint density at radius 3 is 2.44 bits per heavy atom. The van der Waals surface area contributed by atoms with Crippen molar-refractivity contribution >= 4 is 16.9 Å². The molecule has 0 saturated carbocycles. The third-order valence-corrected chi connectivity index (χ3v) is 5.67. The number of benzene rings is 2. The monoisotopic (exact) mass is 504 g/mol. The topological polar surface area (TPSA) is 196 Å². The van der Waals surface area contributed by atoms with Crippen LogP contribution in [-0.2, 0) is 16.0 Å². The highest BCUT2D eigenvalue weighted by Gasteiger charge is 2.45. The van der Waals surface area contributed by atoms with Crippen LogP contribution < -0.4 is 15.1 Å². The van der Waals surface area contributed by atoms with Crippen molar-refractivity contribution in [2.24, 2.45) is 0 Å². The zero-order valence-corrected chi connectivity index (χ0v) is 18.7. The predicted octanol–water partition coefficient (Wildman–Crippen LogP) is 0.487. The van der Waals surface area contributed by atoms with E-state index in [1.54, 1.807) is 18.2 Å². The van der Waals surface area contributed by atoms with Gasteiger partial charge in [0.1, 0.15) is 41.5 Å². The fourth-order valence-corrected chi connectivity index (χ4v) is 3.73. The molecule has 1 fully saturated rings. The number of aromatic hydroxyl groups is 1. The Labute approximate surface area is 203 Å². The molecule has 0 unspecified atom stereocenters. The molecule has 12 heteroatoms. The van der Waals surface area contributed by atoms with Crippen LogP contribution in [0.2, 0.25) is 0 Å². The van der Waals surface area contributed by atoms with E-state index in [1.807, 2.05) is 0 Å². The molecule has 1 aromatic heterocycles. The normalized spacial score (nSPS) is 23.9. The maximum absolute atomic E-state index is 11.6. The zero-order chi connectivity index (χ0) is 26.0. The molecule has 0 radical (unpaired) electrons. The lowest BCUT2D eigenvalue weighted by Gasteiger charge is -2.39. The van der Waals surface area contributed by atoms with Crippen molar-refractivity contribution in [3.8, 4) is 23.0 Å². The molecule has 0 bridgehead atoms. The van der Waals surface area contributed by atoms with Gasteiger partial charge < -0.3 is 49.3 Å². The Kier molecular flexibility index (Phi) is 7.43. The molecule has 2 heterocycles. The minimum absolute atomic E-state index is 0.0252. The van der Waals surface area contributed by atoms with Crippen LogP contribution in [0.25, 0.3) is 11.0 Å². The summed E-state index contributed by atoms with van der Waals surface area (Å²) in [5.41, 5.74) is -0.103. The van der Waals surface area contributed by atoms with Gasteiger partial charge in [-0.3, -0.25) is 4.79 Å². The summed E-state index contributed by atoms with van der Waals surface area (Å²) in [7, 11) is 0. The molecule has 2 aromatic carbocycles. The Hall–Kier alpha value is -3.68. The van der Waals surface area contributed by atoms with Crippen molar-refractivity contribution in [1.82, 2.24) is 0 Å². The molecule has 0 amide bonds. The number of carboxylic acid groups (broad SMARTS) is 1. The number of hydrogen-bond donors (Lipinski definition) is 6. The van der Waals surface area contributed by atoms with E-state index in [0.717, 1.165) is 6.07 Å². The average Bonchev–Trinajstić information content (AvgIpc) is 2.84. The van der Waals surface area contributed by atoms with Crippen molar-refractivity contribution in [2.75, 3.05) is 6.61 Å². The predicted molar refractivity (Wildman–Crippen MR) is 121 cm³/mol. The highest BCUT2D eigenvalue weighted by Crippen LogP contribution is 2.40. The minimum Gasteiger partial charge on any atom is -0.508 e. The van der Waals surface area contributed by atoms with Crippen molar-refractivity contribution in [2.45, 2.75) is 43.5 Å². The van der Waals surface area contributed by atoms with Crippen LogP contribution in [0.3, 0.4) is 0 Å². The van der Waals surface area contributed by atoms with Crippen LogP contribution in [-0.4, -0.2) is 73.9 Å². The highest BCUT2D eigenvalue weighted by molar-refractivity contribution is 5.78. The summed E-state index contributed by atoms with van der Waals surface area (Å²) in [5, 5.41) is 59.9. The summed E-state index contributed by atoms with van der Waals surface area (Å²) < 4.78 is 22.1. The molecular formula is C24H24O12. The fraction of sp³-hybridized carbons (Fsp3) is 0.333. The number of phenolic OH excluding ortho intramolecular Hbond substituents is 1. The second-order valence-corrected chi connectivity index (χ2v) is 8.19. The Balaban J connectivity index is 1.69. The Morgan fingerprint density at radius 2 is 1.72 bits per heavy atom. The van der Waals surface area contributed by atoms with E-state index in [4.69, 9.17) is 23.7 Å². The first-order valence-corrected chi connectivity index (χ1v) is 10.9. The number of ether oxygens (including phenoxy) is 3. The van der Waals surface area contributed by atoms with Crippen molar-refractivity contribution in [3.05, 3.63) is 58.4 Å². The van der Waals surface area contributed by atoms with Crippen LogP contribution in [0.5, 0.6) is 23.0 Å². The molecule has 4 rings (SSSR count). The molecule has 12 nitrogen and oxygen atoms in total. The summed E-state index contributed by atoms with van der Waals surface area (Å²) in [4.78, 5) is 22.6. The van der Waals surface area contributed by atoms with Gasteiger partial charge in [0.05, 0.1) is 6.61 Å². The lowest BCUT2D eigenvalue weighted by atomic mass is 9.99. The van der Waals surface area contributed by atoms with Crippen molar-refractivity contribution in [3.63, 3.8) is 0 Å².